The van der Waals surface area contributed by atoms with E-state index in [-0.39, 0.29) is 18.5 Å². The maximum atomic E-state index is 12.7. The summed E-state index contributed by atoms with van der Waals surface area (Å²) in [5.74, 6) is 1.51. The number of hydrogen-bond donors (Lipinski definition) is 0. The smallest absolute Gasteiger partial charge is 0.331 e. The summed E-state index contributed by atoms with van der Waals surface area (Å²) in [4.78, 5) is 14.4. The van der Waals surface area contributed by atoms with Gasteiger partial charge in [-0.1, -0.05) is 6.42 Å². The molecule has 0 saturated carbocycles. The highest BCUT2D eigenvalue weighted by atomic mass is 19.4. The van der Waals surface area contributed by atoms with Crippen molar-refractivity contribution in [2.75, 3.05) is 6.54 Å². The summed E-state index contributed by atoms with van der Waals surface area (Å²) in [6.45, 7) is 1.21. The van der Waals surface area contributed by atoms with Crippen molar-refractivity contribution in [1.29, 1.82) is 0 Å². The molecule has 2 aromatic rings. The van der Waals surface area contributed by atoms with E-state index in [0.717, 1.165) is 67.5 Å². The van der Waals surface area contributed by atoms with E-state index in [1.54, 1.807) is 4.90 Å². The van der Waals surface area contributed by atoms with E-state index in [0.29, 0.717) is 6.54 Å². The monoisotopic (exact) mass is 382 g/mol. The first-order valence-electron chi connectivity index (χ1n) is 9.25. The number of hydrogen-bond acceptors (Lipinski definition) is 4. The summed E-state index contributed by atoms with van der Waals surface area (Å²) in [5.41, 5.74) is -0.990. The molecule has 2 aliphatic heterocycles. The van der Waals surface area contributed by atoms with Crippen molar-refractivity contribution in [3.05, 3.63) is 29.6 Å². The Morgan fingerprint density at radius 1 is 1.15 bits per heavy atom. The van der Waals surface area contributed by atoms with Crippen molar-refractivity contribution in [1.82, 2.24) is 29.4 Å². The van der Waals surface area contributed by atoms with Crippen LogP contribution in [0.25, 0.3) is 0 Å². The quantitative estimate of drug-likeness (QED) is 0.818. The summed E-state index contributed by atoms with van der Waals surface area (Å²) in [7, 11) is 0. The first-order chi connectivity index (χ1) is 12.9. The highest BCUT2D eigenvalue weighted by Crippen LogP contribution is 2.33. The molecule has 0 spiro atoms. The average molecular weight is 382 g/mol. The molecule has 4 heterocycles. The zero-order valence-corrected chi connectivity index (χ0v) is 14.8. The van der Waals surface area contributed by atoms with Gasteiger partial charge in [-0.3, -0.25) is 9.48 Å². The molecule has 0 aromatic carbocycles. The van der Waals surface area contributed by atoms with Crippen molar-refractivity contribution in [3.8, 4) is 0 Å². The lowest BCUT2D eigenvalue weighted by Gasteiger charge is -2.24. The number of amides is 1. The van der Waals surface area contributed by atoms with Gasteiger partial charge in [0.05, 0.1) is 6.04 Å². The number of aromatic nitrogens is 5. The topological polar surface area (TPSA) is 68.8 Å². The summed E-state index contributed by atoms with van der Waals surface area (Å²) in [5, 5.41) is 12.1. The first-order valence-corrected chi connectivity index (χ1v) is 9.25. The zero-order valence-electron chi connectivity index (χ0n) is 14.8. The Labute approximate surface area is 154 Å². The van der Waals surface area contributed by atoms with Gasteiger partial charge >= 0.3 is 6.18 Å². The molecule has 2 aliphatic rings. The van der Waals surface area contributed by atoms with Gasteiger partial charge in [0.25, 0.3) is 0 Å². The van der Waals surface area contributed by atoms with Crippen LogP contribution in [-0.4, -0.2) is 41.9 Å². The summed E-state index contributed by atoms with van der Waals surface area (Å²) in [6.07, 6.45) is 2.50. The van der Waals surface area contributed by atoms with Gasteiger partial charge in [-0.2, -0.15) is 18.3 Å². The molecule has 27 heavy (non-hydrogen) atoms. The van der Waals surface area contributed by atoms with E-state index in [9.17, 15) is 18.0 Å². The number of fused-ring (bicyclic) bond motifs is 1. The standard InChI is InChI=1S/C17H21F3N6O/c18-17(19,20)13-7-10-24(23-13)11-15(27)25-9-4-5-12(25)16-22-21-14-6-2-1-3-8-26(14)16/h7,10,12H,1-6,8-9,11H2. The minimum absolute atomic E-state index is 0.172. The van der Waals surface area contributed by atoms with E-state index in [2.05, 4.69) is 19.9 Å². The third-order valence-corrected chi connectivity index (χ3v) is 5.24. The molecular formula is C17H21F3N6O. The Morgan fingerprint density at radius 2 is 2.00 bits per heavy atom. The minimum Gasteiger partial charge on any atom is -0.331 e. The fourth-order valence-electron chi connectivity index (χ4n) is 3.92. The lowest BCUT2D eigenvalue weighted by molar-refractivity contribution is -0.142. The predicted molar refractivity (Wildman–Crippen MR) is 88.5 cm³/mol. The van der Waals surface area contributed by atoms with Gasteiger partial charge in [0.15, 0.2) is 11.5 Å². The molecular weight excluding hydrogens is 361 g/mol. The second kappa shape index (κ2) is 6.97. The number of alkyl halides is 3. The Kier molecular flexibility index (Phi) is 4.65. The summed E-state index contributed by atoms with van der Waals surface area (Å²) in [6, 6.07) is 0.710. The Balaban J connectivity index is 1.51. The van der Waals surface area contributed by atoms with Crippen LogP contribution in [-0.2, 0) is 30.5 Å². The molecule has 4 rings (SSSR count). The molecule has 0 radical (unpaired) electrons. The van der Waals surface area contributed by atoms with E-state index in [1.165, 1.54) is 6.20 Å². The number of carbonyl (C=O) groups is 1. The SMILES string of the molecule is O=C(Cn1ccc(C(F)(F)F)n1)N1CCCC1c1nnc2n1CCCCC2. The molecule has 1 amide bonds. The van der Waals surface area contributed by atoms with Gasteiger partial charge in [-0.25, -0.2) is 0 Å². The van der Waals surface area contributed by atoms with Crippen LogP contribution >= 0.6 is 0 Å². The molecule has 0 N–H and O–H groups in total. The Morgan fingerprint density at radius 3 is 2.78 bits per heavy atom. The summed E-state index contributed by atoms with van der Waals surface area (Å²) >= 11 is 0. The van der Waals surface area contributed by atoms with Gasteiger partial charge in [-0.05, 0) is 31.7 Å². The lowest BCUT2D eigenvalue weighted by atomic mass is 10.2. The van der Waals surface area contributed by atoms with E-state index < -0.39 is 11.9 Å². The third kappa shape index (κ3) is 3.57. The molecule has 0 aliphatic carbocycles. The number of carbonyl (C=O) groups excluding carboxylic acids is 1. The van der Waals surface area contributed by atoms with Crippen LogP contribution in [0, 0.1) is 0 Å². The average Bonchev–Trinajstić information content (AvgIpc) is 3.31. The third-order valence-electron chi connectivity index (χ3n) is 5.24. The van der Waals surface area contributed by atoms with E-state index in [1.807, 2.05) is 0 Å². The molecule has 1 atom stereocenters. The van der Waals surface area contributed by atoms with Gasteiger partial charge in [-0.15, -0.1) is 10.2 Å². The molecule has 7 nitrogen and oxygen atoms in total. The van der Waals surface area contributed by atoms with Crippen LogP contribution in [0.3, 0.4) is 0 Å². The van der Waals surface area contributed by atoms with Crippen molar-refractivity contribution in [3.63, 3.8) is 0 Å². The van der Waals surface area contributed by atoms with Crippen LogP contribution in [0.2, 0.25) is 0 Å². The largest absolute Gasteiger partial charge is 0.435 e. The van der Waals surface area contributed by atoms with E-state index >= 15 is 0 Å². The fourth-order valence-corrected chi connectivity index (χ4v) is 3.92. The molecule has 1 saturated heterocycles. The molecule has 10 heteroatoms. The first kappa shape index (κ1) is 18.0. The Bertz CT molecular complexity index is 827. The second-order valence-electron chi connectivity index (χ2n) is 7.08. The van der Waals surface area contributed by atoms with Crippen molar-refractivity contribution in [2.24, 2.45) is 0 Å². The Hall–Kier alpha value is -2.39. The zero-order chi connectivity index (χ0) is 19.0. The lowest BCUT2D eigenvalue weighted by Crippen LogP contribution is -2.35. The second-order valence-corrected chi connectivity index (χ2v) is 7.08. The molecule has 1 unspecified atom stereocenters. The molecule has 2 aromatic heterocycles. The number of nitrogens with zero attached hydrogens (tertiary/aromatic N) is 6. The summed E-state index contributed by atoms with van der Waals surface area (Å²) < 4.78 is 41.2. The van der Waals surface area contributed by atoms with Crippen LogP contribution in [0.15, 0.2) is 12.3 Å². The van der Waals surface area contributed by atoms with Crippen LogP contribution in [0.5, 0.6) is 0 Å². The van der Waals surface area contributed by atoms with E-state index in [4.69, 9.17) is 0 Å². The van der Waals surface area contributed by atoms with Crippen molar-refractivity contribution < 1.29 is 18.0 Å². The number of halogens is 3. The van der Waals surface area contributed by atoms with Crippen LogP contribution < -0.4 is 0 Å². The number of aryl methyl sites for hydroxylation is 1. The molecule has 146 valence electrons. The van der Waals surface area contributed by atoms with Gasteiger partial charge in [0.1, 0.15) is 12.4 Å². The van der Waals surface area contributed by atoms with Gasteiger partial charge < -0.3 is 9.47 Å². The number of likely N-dealkylation sites (tertiary alicyclic amines) is 1. The van der Waals surface area contributed by atoms with Crippen molar-refractivity contribution in [2.45, 2.75) is 63.8 Å². The highest BCUT2D eigenvalue weighted by Gasteiger charge is 2.36. The van der Waals surface area contributed by atoms with Crippen LogP contribution in [0.4, 0.5) is 13.2 Å². The predicted octanol–water partition coefficient (Wildman–Crippen LogP) is 2.58. The van der Waals surface area contributed by atoms with Gasteiger partial charge in [0.2, 0.25) is 5.91 Å². The normalized spacial score (nSPS) is 20.6. The fraction of sp³-hybridized carbons (Fsp3) is 0.647. The maximum Gasteiger partial charge on any atom is 0.435 e. The number of rotatable bonds is 3. The van der Waals surface area contributed by atoms with Crippen LogP contribution in [0.1, 0.15) is 55.5 Å². The maximum absolute atomic E-state index is 12.7. The highest BCUT2D eigenvalue weighted by molar-refractivity contribution is 5.76. The van der Waals surface area contributed by atoms with Crippen molar-refractivity contribution >= 4 is 5.91 Å². The van der Waals surface area contributed by atoms with Gasteiger partial charge in [0, 0.05) is 25.7 Å². The molecule has 0 bridgehead atoms. The molecule has 1 fully saturated rings. The minimum atomic E-state index is -4.51.